The highest BCUT2D eigenvalue weighted by Gasteiger charge is 2.15. The summed E-state index contributed by atoms with van der Waals surface area (Å²) in [4.78, 5) is 12.8. The molecule has 3 N–H and O–H groups in total. The van der Waals surface area contributed by atoms with Gasteiger partial charge in [-0.15, -0.1) is 12.4 Å². The van der Waals surface area contributed by atoms with Crippen molar-refractivity contribution in [1.29, 1.82) is 0 Å². The van der Waals surface area contributed by atoms with Crippen molar-refractivity contribution in [2.24, 2.45) is 0 Å². The number of nitrogens with one attached hydrogen (secondary N) is 1. The normalized spacial score (nSPS) is 16.4. The fraction of sp³-hybridized carbons (Fsp3) is 0.381. The second-order valence-electron chi connectivity index (χ2n) is 5.69. The van der Waals surface area contributed by atoms with Crippen LogP contribution in [0.5, 0.6) is 11.5 Å². The van der Waals surface area contributed by atoms with Crippen LogP contribution in [-0.2, 0) is 6.42 Å². The first-order valence-electron chi connectivity index (χ1n) is 11.0. The molecular formula is C21H28ClNO4. The minimum Gasteiger partial charge on any atom is -0.508 e. The molecule has 2 aromatic rings. The molecule has 0 saturated heterocycles. The summed E-state index contributed by atoms with van der Waals surface area (Å²) in [6.07, 6.45) is -2.39. The molecule has 0 bridgehead atoms. The van der Waals surface area contributed by atoms with Crippen molar-refractivity contribution >= 4 is 18.2 Å². The molecule has 148 valence electrons. The predicted octanol–water partition coefficient (Wildman–Crippen LogP) is 3.37. The molecule has 0 amide bonds. The molecule has 0 aliphatic heterocycles. The summed E-state index contributed by atoms with van der Waals surface area (Å²) in [6, 6.07) is 12.7. The Morgan fingerprint density at radius 3 is 2.74 bits per heavy atom. The molecule has 27 heavy (non-hydrogen) atoms. The molecule has 1 unspecified atom stereocenters. The molecule has 0 radical (unpaired) electrons. The van der Waals surface area contributed by atoms with E-state index in [9.17, 15) is 15.0 Å². The fourth-order valence-corrected chi connectivity index (χ4v) is 2.26. The monoisotopic (exact) mass is 398 g/mol. The second kappa shape index (κ2) is 12.3. The van der Waals surface area contributed by atoms with Crippen LogP contribution < -0.4 is 10.1 Å². The minimum absolute atomic E-state index is 0. The summed E-state index contributed by atoms with van der Waals surface area (Å²) in [7, 11) is 0. The molecule has 1 atom stereocenters. The highest BCUT2D eigenvalue weighted by atomic mass is 35.5. The van der Waals surface area contributed by atoms with Gasteiger partial charge in [-0.2, -0.15) is 0 Å². The zero-order valence-electron chi connectivity index (χ0n) is 20.1. The Hall–Kier alpha value is -2.08. The number of carbonyl (C=O) groups excluding carboxylic acids is 1. The Morgan fingerprint density at radius 2 is 2.04 bits per heavy atom. The van der Waals surface area contributed by atoms with E-state index in [4.69, 9.17) is 11.6 Å². The second-order valence-corrected chi connectivity index (χ2v) is 5.69. The van der Waals surface area contributed by atoms with E-state index < -0.39 is 24.9 Å². The van der Waals surface area contributed by atoms with Crippen LogP contribution in [0.15, 0.2) is 48.5 Å². The van der Waals surface area contributed by atoms with Crippen molar-refractivity contribution in [2.75, 3.05) is 19.6 Å². The van der Waals surface area contributed by atoms with E-state index in [1.54, 1.807) is 6.92 Å². The van der Waals surface area contributed by atoms with E-state index in [0.717, 1.165) is 17.7 Å². The molecule has 0 saturated carbocycles. The number of phenols is 1. The van der Waals surface area contributed by atoms with Crippen molar-refractivity contribution in [3.8, 4) is 11.5 Å². The predicted molar refractivity (Wildman–Crippen MR) is 109 cm³/mol. The quantitative estimate of drug-likeness (QED) is 0.506. The number of phenolic OH excluding ortho intramolecular Hbond substituents is 1. The number of hydrogen-bond acceptors (Lipinski definition) is 5. The van der Waals surface area contributed by atoms with E-state index in [2.05, 4.69) is 5.32 Å². The number of aliphatic hydroxyl groups is 1. The van der Waals surface area contributed by atoms with Gasteiger partial charge in [-0.25, -0.2) is 0 Å². The lowest BCUT2D eigenvalue weighted by molar-refractivity contribution is 0.0950. The van der Waals surface area contributed by atoms with Crippen molar-refractivity contribution in [3.05, 3.63) is 59.7 Å². The first-order chi connectivity index (χ1) is 14.4. The van der Waals surface area contributed by atoms with Gasteiger partial charge in [-0.1, -0.05) is 37.3 Å². The van der Waals surface area contributed by atoms with Gasteiger partial charge in [0.2, 0.25) is 0 Å². The summed E-state index contributed by atoms with van der Waals surface area (Å²) in [5.41, 5.74) is 0.794. The van der Waals surface area contributed by atoms with Crippen molar-refractivity contribution in [1.82, 2.24) is 5.32 Å². The van der Waals surface area contributed by atoms with Gasteiger partial charge < -0.3 is 20.3 Å². The van der Waals surface area contributed by atoms with Gasteiger partial charge in [0.15, 0.2) is 5.78 Å². The van der Waals surface area contributed by atoms with Gasteiger partial charge in [0, 0.05) is 15.7 Å². The van der Waals surface area contributed by atoms with Crippen LogP contribution in [0.1, 0.15) is 42.5 Å². The highest BCUT2D eigenvalue weighted by molar-refractivity contribution is 5.99. The van der Waals surface area contributed by atoms with Gasteiger partial charge in [0.1, 0.15) is 24.1 Å². The maximum atomic E-state index is 12.8. The molecular weight excluding hydrogens is 366 g/mol. The van der Waals surface area contributed by atoms with Gasteiger partial charge >= 0.3 is 0 Å². The molecule has 0 spiro atoms. The molecule has 6 heteroatoms. The maximum absolute atomic E-state index is 12.8. The minimum atomic E-state index is -3.35. The molecule has 0 aliphatic rings. The van der Waals surface area contributed by atoms with Crippen LogP contribution >= 0.6 is 12.4 Å². The average Bonchev–Trinajstić information content (AvgIpc) is 2.72. The molecule has 0 fully saturated rings. The van der Waals surface area contributed by atoms with E-state index in [1.807, 2.05) is 30.3 Å². The Labute approximate surface area is 173 Å². The van der Waals surface area contributed by atoms with Gasteiger partial charge in [0.25, 0.3) is 0 Å². The number of benzene rings is 2. The van der Waals surface area contributed by atoms with Crippen LogP contribution in [0.2, 0.25) is 0 Å². The van der Waals surface area contributed by atoms with Gasteiger partial charge in [-0.05, 0) is 43.1 Å². The first kappa shape index (κ1) is 15.9. The third-order valence-corrected chi connectivity index (χ3v) is 3.59. The van der Waals surface area contributed by atoms with Crippen LogP contribution in [0.3, 0.4) is 0 Å². The SMILES string of the molecule is Cl.[2H]C([2H])(NCCC)C([2H])(O)C([2H])([2H])Oc1ccc(O)cc1C(=O)CCc1ccccc1. The fourth-order valence-electron chi connectivity index (χ4n) is 2.26. The van der Waals surface area contributed by atoms with Crippen LogP contribution in [0, 0.1) is 0 Å². The average molecular weight is 399 g/mol. The standard InChI is InChI=1S/C21H27NO4.ClH/c1-2-12-22-14-18(24)15-26-21-11-9-17(23)13-19(21)20(25)10-8-16-6-4-3-5-7-16;/h3-7,9,11,13,18,22-24H,2,8,10,12,14-15H2,1H3;1H/i14D2,15D2,18D;. The number of carbonyl (C=O) groups is 1. The van der Waals surface area contributed by atoms with Crippen LogP contribution in [0.4, 0.5) is 0 Å². The molecule has 0 aromatic heterocycles. The Kier molecular flexibility index (Phi) is 7.28. The van der Waals surface area contributed by atoms with E-state index >= 15 is 0 Å². The third kappa shape index (κ3) is 7.99. The van der Waals surface area contributed by atoms with Crippen LogP contribution in [0.25, 0.3) is 0 Å². The molecule has 0 heterocycles. The number of Topliss-reactive ketones (excluding diaryl/α,β-unsaturated/α-hetero) is 1. The zero-order chi connectivity index (χ0) is 23.3. The molecule has 5 nitrogen and oxygen atoms in total. The van der Waals surface area contributed by atoms with Gasteiger partial charge in [-0.3, -0.25) is 4.79 Å². The number of ketones is 1. The van der Waals surface area contributed by atoms with Crippen LogP contribution in [-0.4, -0.2) is 41.7 Å². The lowest BCUT2D eigenvalue weighted by Crippen LogP contribution is -2.32. The summed E-state index contributed by atoms with van der Waals surface area (Å²) < 4.78 is 45.0. The molecule has 0 aliphatic carbocycles. The number of ether oxygens (including phenoxy) is 1. The first-order valence-corrected chi connectivity index (χ1v) is 8.48. The number of halogens is 1. The number of hydrogen-bond donors (Lipinski definition) is 3. The van der Waals surface area contributed by atoms with Crippen molar-refractivity contribution in [3.63, 3.8) is 0 Å². The Morgan fingerprint density at radius 1 is 1.30 bits per heavy atom. The third-order valence-electron chi connectivity index (χ3n) is 3.59. The van der Waals surface area contributed by atoms with Gasteiger partial charge in [0.05, 0.1) is 9.68 Å². The van der Waals surface area contributed by atoms with Crippen molar-refractivity contribution < 1.29 is 26.6 Å². The molecule has 2 aromatic carbocycles. The Bertz CT molecular complexity index is 897. The lowest BCUT2D eigenvalue weighted by atomic mass is 10.0. The summed E-state index contributed by atoms with van der Waals surface area (Å²) >= 11 is 0. The van der Waals surface area contributed by atoms with E-state index in [0.29, 0.717) is 12.8 Å². The Balaban J connectivity index is 0.00000512. The number of rotatable bonds is 11. The summed E-state index contributed by atoms with van der Waals surface area (Å²) in [5, 5.41) is 22.5. The highest BCUT2D eigenvalue weighted by Crippen LogP contribution is 2.25. The van der Waals surface area contributed by atoms with E-state index in [-0.39, 0.29) is 42.4 Å². The maximum Gasteiger partial charge on any atom is 0.167 e. The topological polar surface area (TPSA) is 78.8 Å². The number of aromatic hydroxyl groups is 1. The summed E-state index contributed by atoms with van der Waals surface area (Å²) in [5.74, 6) is -0.985. The zero-order valence-corrected chi connectivity index (χ0v) is 15.9. The smallest absolute Gasteiger partial charge is 0.167 e. The number of aryl methyl sites for hydroxylation is 1. The van der Waals surface area contributed by atoms with Crippen molar-refractivity contribution in [2.45, 2.75) is 32.3 Å². The molecule has 2 rings (SSSR count). The lowest BCUT2D eigenvalue weighted by Gasteiger charge is -2.15. The largest absolute Gasteiger partial charge is 0.508 e. The summed E-state index contributed by atoms with van der Waals surface area (Å²) in [6.45, 7) is -4.22. The van der Waals surface area contributed by atoms with E-state index in [1.165, 1.54) is 6.07 Å².